The number of rotatable bonds is 4. The molecule has 0 saturated carbocycles. The minimum Gasteiger partial charge on any atom is -0.370 e. The van der Waals surface area contributed by atoms with E-state index in [-0.39, 0.29) is 0 Å². The summed E-state index contributed by atoms with van der Waals surface area (Å²) >= 11 is 0. The van der Waals surface area contributed by atoms with E-state index >= 15 is 0 Å². The first kappa shape index (κ1) is 13.4. The van der Waals surface area contributed by atoms with Gasteiger partial charge < -0.3 is 15.6 Å². The smallest absolute Gasteiger partial charge is 0.189 e. The van der Waals surface area contributed by atoms with Gasteiger partial charge in [0.2, 0.25) is 0 Å². The van der Waals surface area contributed by atoms with Crippen LogP contribution in [0.4, 0.5) is 0 Å². The van der Waals surface area contributed by atoms with E-state index in [2.05, 4.69) is 39.8 Å². The Morgan fingerprint density at radius 1 is 1.42 bits per heavy atom. The van der Waals surface area contributed by atoms with Crippen molar-refractivity contribution < 1.29 is 0 Å². The van der Waals surface area contributed by atoms with Crippen LogP contribution in [0.2, 0.25) is 0 Å². The van der Waals surface area contributed by atoms with E-state index in [1.54, 1.807) is 0 Å². The number of nitrogens with zero attached hydrogens (tertiary/aromatic N) is 3. The van der Waals surface area contributed by atoms with E-state index in [1.807, 2.05) is 25.2 Å². The van der Waals surface area contributed by atoms with E-state index < -0.39 is 0 Å². The normalized spacial score (nSPS) is 12.3. The van der Waals surface area contributed by atoms with E-state index in [0.29, 0.717) is 18.4 Å². The van der Waals surface area contributed by atoms with Gasteiger partial charge in [0.25, 0.3) is 0 Å². The highest BCUT2D eigenvalue weighted by atomic mass is 15.1. The third kappa shape index (κ3) is 3.24. The predicted octanol–water partition coefficient (Wildman–Crippen LogP) is 1.63. The number of aryl methyl sites for hydroxylation is 1. The van der Waals surface area contributed by atoms with Gasteiger partial charge in [-0.1, -0.05) is 26.0 Å². The van der Waals surface area contributed by atoms with Gasteiger partial charge in [-0.3, -0.25) is 0 Å². The molecule has 0 atom stereocenters. The lowest BCUT2D eigenvalue weighted by atomic mass is 10.2. The first-order valence-electron chi connectivity index (χ1n) is 6.52. The van der Waals surface area contributed by atoms with Gasteiger partial charge in [-0.25, -0.2) is 9.98 Å². The number of nitrogens with one attached hydrogen (secondary N) is 1. The monoisotopic (exact) mass is 259 g/mol. The van der Waals surface area contributed by atoms with Crippen LogP contribution in [0.25, 0.3) is 11.0 Å². The Morgan fingerprint density at radius 3 is 2.84 bits per heavy atom. The van der Waals surface area contributed by atoms with Crippen molar-refractivity contribution in [1.29, 1.82) is 0 Å². The minimum absolute atomic E-state index is 0.473. The zero-order chi connectivity index (χ0) is 13.8. The minimum atomic E-state index is 0.473. The average Bonchev–Trinajstić information content (AvgIpc) is 2.71. The topological polar surface area (TPSA) is 68.2 Å². The number of imidazole rings is 1. The molecular formula is C14H21N5. The maximum absolute atomic E-state index is 5.82. The van der Waals surface area contributed by atoms with Crippen LogP contribution >= 0.6 is 0 Å². The highest BCUT2D eigenvalue weighted by molar-refractivity contribution is 5.78. The summed E-state index contributed by atoms with van der Waals surface area (Å²) in [5.74, 6) is 1.93. The maximum Gasteiger partial charge on any atom is 0.189 e. The molecule has 0 aliphatic rings. The van der Waals surface area contributed by atoms with Crippen molar-refractivity contribution in [2.45, 2.75) is 20.4 Å². The molecule has 0 radical (unpaired) electrons. The summed E-state index contributed by atoms with van der Waals surface area (Å²) < 4.78 is 2.05. The third-order valence-electron chi connectivity index (χ3n) is 2.96. The zero-order valence-electron chi connectivity index (χ0n) is 11.7. The molecule has 5 nitrogen and oxygen atoms in total. The zero-order valence-corrected chi connectivity index (χ0v) is 11.7. The molecule has 0 saturated heterocycles. The molecular weight excluding hydrogens is 238 g/mol. The van der Waals surface area contributed by atoms with Gasteiger partial charge in [0.05, 0.1) is 11.0 Å². The van der Waals surface area contributed by atoms with E-state index in [4.69, 9.17) is 5.73 Å². The molecule has 2 aromatic rings. The molecule has 0 fully saturated rings. The number of guanidine groups is 1. The van der Waals surface area contributed by atoms with Crippen molar-refractivity contribution in [2.24, 2.45) is 23.7 Å². The van der Waals surface area contributed by atoms with Crippen molar-refractivity contribution in [3.63, 3.8) is 0 Å². The van der Waals surface area contributed by atoms with Crippen molar-refractivity contribution >= 4 is 17.0 Å². The molecule has 1 aromatic carbocycles. The van der Waals surface area contributed by atoms with Gasteiger partial charge in [0, 0.05) is 13.6 Å². The molecule has 0 unspecified atom stereocenters. The Morgan fingerprint density at radius 2 is 2.16 bits per heavy atom. The second-order valence-electron chi connectivity index (χ2n) is 5.05. The van der Waals surface area contributed by atoms with Crippen molar-refractivity contribution in [3.05, 3.63) is 30.1 Å². The summed E-state index contributed by atoms with van der Waals surface area (Å²) in [5, 5.41) is 3.10. The molecule has 0 bridgehead atoms. The van der Waals surface area contributed by atoms with Gasteiger partial charge in [-0.05, 0) is 18.1 Å². The molecule has 0 spiro atoms. The molecule has 3 N–H and O–H groups in total. The molecule has 1 aromatic heterocycles. The number of benzene rings is 1. The van der Waals surface area contributed by atoms with E-state index in [0.717, 1.165) is 23.4 Å². The van der Waals surface area contributed by atoms with Crippen LogP contribution in [-0.2, 0) is 13.6 Å². The lowest BCUT2D eigenvalue weighted by Gasteiger charge is -2.07. The molecule has 0 amide bonds. The van der Waals surface area contributed by atoms with Crippen LogP contribution in [0.15, 0.2) is 29.3 Å². The fraction of sp³-hybridized carbons (Fsp3) is 0.429. The molecule has 1 heterocycles. The lowest BCUT2D eigenvalue weighted by Crippen LogP contribution is -2.34. The number of aromatic nitrogens is 2. The Hall–Kier alpha value is -2.04. The van der Waals surface area contributed by atoms with Crippen LogP contribution in [0, 0.1) is 5.92 Å². The highest BCUT2D eigenvalue weighted by Gasteiger charge is 2.06. The summed E-state index contributed by atoms with van der Waals surface area (Å²) in [4.78, 5) is 8.87. The van der Waals surface area contributed by atoms with E-state index in [1.165, 1.54) is 0 Å². The SMILES string of the molecule is CC(C)CNC(N)=NCc1nc2ccccc2n1C. The Labute approximate surface area is 113 Å². The standard InChI is InChI=1S/C14H21N5/c1-10(2)8-16-14(15)17-9-13-18-11-6-4-5-7-12(11)19(13)3/h4-7,10H,8-9H2,1-3H3,(H3,15,16,17). The Kier molecular flexibility index (Phi) is 4.04. The number of hydrogen-bond acceptors (Lipinski definition) is 2. The maximum atomic E-state index is 5.82. The Bertz CT molecular complexity index is 583. The largest absolute Gasteiger partial charge is 0.370 e. The van der Waals surface area contributed by atoms with Crippen molar-refractivity contribution in [3.8, 4) is 0 Å². The lowest BCUT2D eigenvalue weighted by molar-refractivity contribution is 0.621. The summed E-state index contributed by atoms with van der Waals surface area (Å²) in [6, 6.07) is 8.05. The fourth-order valence-corrected chi connectivity index (χ4v) is 1.86. The molecule has 5 heteroatoms. The van der Waals surface area contributed by atoms with Gasteiger partial charge in [0.15, 0.2) is 5.96 Å². The van der Waals surface area contributed by atoms with Crippen LogP contribution in [0.3, 0.4) is 0 Å². The van der Waals surface area contributed by atoms with Crippen LogP contribution < -0.4 is 11.1 Å². The fourth-order valence-electron chi connectivity index (χ4n) is 1.86. The highest BCUT2D eigenvalue weighted by Crippen LogP contribution is 2.14. The number of nitrogens with two attached hydrogens (primary N) is 1. The number of fused-ring (bicyclic) bond motifs is 1. The molecule has 19 heavy (non-hydrogen) atoms. The summed E-state index contributed by atoms with van der Waals surface area (Å²) in [5.41, 5.74) is 7.92. The second-order valence-corrected chi connectivity index (χ2v) is 5.05. The summed E-state index contributed by atoms with van der Waals surface area (Å²) in [6.07, 6.45) is 0. The molecule has 2 rings (SSSR count). The predicted molar refractivity (Wildman–Crippen MR) is 78.9 cm³/mol. The summed E-state index contributed by atoms with van der Waals surface area (Å²) in [7, 11) is 2.00. The van der Waals surface area contributed by atoms with Crippen LogP contribution in [0.5, 0.6) is 0 Å². The number of aliphatic imine (C=N–C) groups is 1. The van der Waals surface area contributed by atoms with E-state index in [9.17, 15) is 0 Å². The number of hydrogen-bond donors (Lipinski definition) is 2. The molecule has 102 valence electrons. The van der Waals surface area contributed by atoms with Crippen LogP contribution in [0.1, 0.15) is 19.7 Å². The Balaban J connectivity index is 2.09. The first-order valence-corrected chi connectivity index (χ1v) is 6.52. The van der Waals surface area contributed by atoms with Gasteiger partial charge in [0.1, 0.15) is 12.4 Å². The third-order valence-corrected chi connectivity index (χ3v) is 2.96. The van der Waals surface area contributed by atoms with Gasteiger partial charge in [-0.2, -0.15) is 0 Å². The quantitative estimate of drug-likeness (QED) is 0.648. The van der Waals surface area contributed by atoms with Gasteiger partial charge in [-0.15, -0.1) is 0 Å². The summed E-state index contributed by atoms with van der Waals surface area (Å²) in [6.45, 7) is 5.58. The van der Waals surface area contributed by atoms with Crippen molar-refractivity contribution in [2.75, 3.05) is 6.54 Å². The van der Waals surface area contributed by atoms with Crippen LogP contribution in [-0.4, -0.2) is 22.1 Å². The average molecular weight is 259 g/mol. The first-order chi connectivity index (χ1) is 9.08. The molecule has 0 aliphatic heterocycles. The second kappa shape index (κ2) is 5.73. The number of para-hydroxylation sites is 2. The molecule has 0 aliphatic carbocycles. The van der Waals surface area contributed by atoms with Gasteiger partial charge >= 0.3 is 0 Å². The van der Waals surface area contributed by atoms with Crippen molar-refractivity contribution in [1.82, 2.24) is 14.9 Å².